The Morgan fingerprint density at radius 3 is 2.55 bits per heavy atom. The molecule has 1 N–H and O–H groups in total. The molecule has 0 spiro atoms. The minimum atomic E-state index is -0.189. The number of aromatic nitrogens is 2. The van der Waals surface area contributed by atoms with Crippen LogP contribution in [-0.4, -0.2) is 45.9 Å². The topological polar surface area (TPSA) is 81.7 Å². The number of anilines is 4. The number of urea groups is 1. The van der Waals surface area contributed by atoms with Gasteiger partial charge in [-0.25, -0.2) is 9.78 Å². The molecule has 2 aromatic carbocycles. The van der Waals surface area contributed by atoms with Crippen molar-refractivity contribution in [2.45, 2.75) is 19.0 Å². The number of fused-ring (bicyclic) bond motifs is 1. The number of rotatable bonds is 5. The summed E-state index contributed by atoms with van der Waals surface area (Å²) < 4.78 is 0. The van der Waals surface area contributed by atoms with Crippen LogP contribution in [0.2, 0.25) is 0 Å². The molecule has 33 heavy (non-hydrogen) atoms. The molecule has 1 aromatic heterocycles. The van der Waals surface area contributed by atoms with E-state index < -0.39 is 0 Å². The quantitative estimate of drug-likeness (QED) is 0.608. The Labute approximate surface area is 192 Å². The summed E-state index contributed by atoms with van der Waals surface area (Å²) in [6.07, 6.45) is 3.75. The number of carbonyl (C=O) groups excluding carboxylic acids is 2. The molecule has 0 saturated carbocycles. The van der Waals surface area contributed by atoms with Gasteiger partial charge in [0.15, 0.2) is 0 Å². The van der Waals surface area contributed by atoms with Gasteiger partial charge in [-0.05, 0) is 36.8 Å². The molecule has 1 saturated heterocycles. The van der Waals surface area contributed by atoms with Gasteiger partial charge in [-0.3, -0.25) is 14.6 Å². The number of carbonyl (C=O) groups is 2. The van der Waals surface area contributed by atoms with E-state index in [1.807, 2.05) is 60.7 Å². The summed E-state index contributed by atoms with van der Waals surface area (Å²) in [5.41, 5.74) is 2.52. The van der Waals surface area contributed by atoms with Gasteiger partial charge in [0.05, 0.1) is 12.6 Å². The first-order valence-corrected chi connectivity index (χ1v) is 10.9. The van der Waals surface area contributed by atoms with E-state index in [1.165, 1.54) is 6.08 Å². The van der Waals surface area contributed by atoms with Crippen molar-refractivity contribution in [3.63, 3.8) is 0 Å². The number of hydrogen-bond donors (Lipinski definition) is 1. The van der Waals surface area contributed by atoms with Gasteiger partial charge >= 0.3 is 6.03 Å². The zero-order valence-corrected chi connectivity index (χ0v) is 18.1. The molecule has 0 bridgehead atoms. The monoisotopic (exact) mass is 440 g/mol. The van der Waals surface area contributed by atoms with Crippen LogP contribution in [0.15, 0.2) is 79.5 Å². The maximum absolute atomic E-state index is 13.7. The molecule has 0 radical (unpaired) electrons. The fourth-order valence-corrected chi connectivity index (χ4v) is 4.31. The van der Waals surface area contributed by atoms with Crippen LogP contribution in [0.3, 0.4) is 0 Å². The van der Waals surface area contributed by atoms with Crippen molar-refractivity contribution >= 4 is 35.1 Å². The highest BCUT2D eigenvalue weighted by Gasteiger charge is 2.40. The zero-order chi connectivity index (χ0) is 22.8. The average Bonchev–Trinajstić information content (AvgIpc) is 3.34. The lowest BCUT2D eigenvalue weighted by atomic mass is 10.1. The number of amides is 3. The Balaban J connectivity index is 1.52. The van der Waals surface area contributed by atoms with Crippen molar-refractivity contribution in [3.8, 4) is 0 Å². The largest absolute Gasteiger partial charge is 0.337 e. The molecule has 2 aliphatic rings. The zero-order valence-electron chi connectivity index (χ0n) is 18.1. The summed E-state index contributed by atoms with van der Waals surface area (Å²) >= 11 is 0. The fraction of sp³-hybridized carbons (Fsp3) is 0.200. The van der Waals surface area contributed by atoms with Gasteiger partial charge in [-0.2, -0.15) is 4.98 Å². The maximum atomic E-state index is 13.7. The fourth-order valence-electron chi connectivity index (χ4n) is 4.31. The third-order valence-corrected chi connectivity index (χ3v) is 5.95. The van der Waals surface area contributed by atoms with Crippen LogP contribution in [-0.2, 0) is 11.3 Å². The predicted molar refractivity (Wildman–Crippen MR) is 127 cm³/mol. The Bertz CT molecular complexity index is 1180. The number of likely N-dealkylation sites (tertiary alicyclic amines) is 1. The van der Waals surface area contributed by atoms with Gasteiger partial charge in [0.2, 0.25) is 11.9 Å². The summed E-state index contributed by atoms with van der Waals surface area (Å²) in [6, 6.07) is 18.9. The van der Waals surface area contributed by atoms with Crippen LogP contribution >= 0.6 is 0 Å². The van der Waals surface area contributed by atoms with Crippen LogP contribution in [0.25, 0.3) is 0 Å². The van der Waals surface area contributed by atoms with Crippen molar-refractivity contribution in [2.75, 3.05) is 28.2 Å². The number of nitrogens with one attached hydrogen (secondary N) is 1. The molecule has 1 atom stereocenters. The SMILES string of the molecule is C=CC(=O)N1CC[C@H](N2C(=O)N(c3ccccc3)Cc3cnc(Nc4ccccc4)nc32)C1. The second kappa shape index (κ2) is 8.74. The number of para-hydroxylation sites is 2. The van der Waals surface area contributed by atoms with E-state index >= 15 is 0 Å². The van der Waals surface area contributed by atoms with E-state index in [9.17, 15) is 9.59 Å². The Morgan fingerprint density at radius 2 is 1.82 bits per heavy atom. The van der Waals surface area contributed by atoms with Gasteiger partial charge in [-0.1, -0.05) is 43.0 Å². The summed E-state index contributed by atoms with van der Waals surface area (Å²) in [4.78, 5) is 40.3. The number of benzene rings is 2. The van der Waals surface area contributed by atoms with Gasteiger partial charge in [-0.15, -0.1) is 0 Å². The second-order valence-corrected chi connectivity index (χ2v) is 8.04. The van der Waals surface area contributed by atoms with E-state index in [0.29, 0.717) is 37.8 Å². The smallest absolute Gasteiger partial charge is 0.330 e. The molecule has 3 amide bonds. The molecule has 166 valence electrons. The molecular weight excluding hydrogens is 416 g/mol. The average molecular weight is 441 g/mol. The first kappa shape index (κ1) is 20.7. The first-order valence-electron chi connectivity index (χ1n) is 10.9. The molecule has 0 aliphatic carbocycles. The normalized spacial score (nSPS) is 17.6. The van der Waals surface area contributed by atoms with E-state index in [0.717, 1.165) is 16.9 Å². The summed E-state index contributed by atoms with van der Waals surface area (Å²) in [6.45, 7) is 4.97. The molecule has 3 aromatic rings. The van der Waals surface area contributed by atoms with E-state index in [4.69, 9.17) is 4.98 Å². The maximum Gasteiger partial charge on any atom is 0.330 e. The lowest BCUT2D eigenvalue weighted by molar-refractivity contribution is -0.125. The highest BCUT2D eigenvalue weighted by molar-refractivity contribution is 6.06. The predicted octanol–water partition coefficient (Wildman–Crippen LogP) is 3.95. The third-order valence-electron chi connectivity index (χ3n) is 5.95. The van der Waals surface area contributed by atoms with Crippen molar-refractivity contribution in [2.24, 2.45) is 0 Å². The highest BCUT2D eigenvalue weighted by Crippen LogP contribution is 2.34. The summed E-state index contributed by atoms with van der Waals surface area (Å²) in [7, 11) is 0. The Morgan fingerprint density at radius 1 is 1.09 bits per heavy atom. The van der Waals surface area contributed by atoms with Crippen molar-refractivity contribution in [3.05, 3.63) is 85.1 Å². The second-order valence-electron chi connectivity index (χ2n) is 8.04. The van der Waals surface area contributed by atoms with E-state index in [2.05, 4.69) is 16.9 Å². The van der Waals surface area contributed by atoms with Crippen molar-refractivity contribution in [1.82, 2.24) is 14.9 Å². The number of nitrogens with zero attached hydrogens (tertiary/aromatic N) is 5. The van der Waals surface area contributed by atoms with Crippen LogP contribution in [0, 0.1) is 0 Å². The minimum Gasteiger partial charge on any atom is -0.337 e. The van der Waals surface area contributed by atoms with Crippen molar-refractivity contribution in [1.29, 1.82) is 0 Å². The van der Waals surface area contributed by atoms with Crippen LogP contribution in [0.1, 0.15) is 12.0 Å². The third kappa shape index (κ3) is 4.03. The molecule has 8 nitrogen and oxygen atoms in total. The molecule has 1 fully saturated rings. The number of hydrogen-bond acceptors (Lipinski definition) is 5. The molecule has 3 heterocycles. The van der Waals surface area contributed by atoms with Gasteiger partial charge in [0, 0.05) is 36.2 Å². The minimum absolute atomic E-state index is 0.129. The molecule has 0 unspecified atom stereocenters. The van der Waals surface area contributed by atoms with Crippen molar-refractivity contribution < 1.29 is 9.59 Å². The standard InChI is InChI=1S/C25H24N6O2/c1-2-22(32)29-14-13-21(17-29)31-23-18(16-30(25(31)33)20-11-7-4-8-12-20)15-26-24(28-23)27-19-9-5-3-6-10-19/h2-12,15,21H,1,13-14,16-17H2,(H,26,27,28)/t21-/m0/s1. The van der Waals surface area contributed by atoms with Crippen LogP contribution in [0.4, 0.5) is 27.9 Å². The Kier molecular flexibility index (Phi) is 5.48. The molecular formula is C25H24N6O2. The highest BCUT2D eigenvalue weighted by atomic mass is 16.2. The van der Waals surface area contributed by atoms with Crippen LogP contribution in [0.5, 0.6) is 0 Å². The molecule has 2 aliphatic heterocycles. The lowest BCUT2D eigenvalue weighted by Gasteiger charge is -2.39. The molecule has 5 rings (SSSR count). The lowest BCUT2D eigenvalue weighted by Crippen LogP contribution is -2.53. The van der Waals surface area contributed by atoms with E-state index in [1.54, 1.807) is 20.9 Å². The first-order chi connectivity index (χ1) is 16.1. The van der Waals surface area contributed by atoms with Gasteiger partial charge in [0.1, 0.15) is 5.82 Å². The van der Waals surface area contributed by atoms with Crippen LogP contribution < -0.4 is 15.1 Å². The summed E-state index contributed by atoms with van der Waals surface area (Å²) in [5, 5.41) is 3.21. The van der Waals surface area contributed by atoms with Gasteiger partial charge < -0.3 is 10.2 Å². The molecule has 8 heteroatoms. The van der Waals surface area contributed by atoms with Gasteiger partial charge in [0.25, 0.3) is 0 Å². The van der Waals surface area contributed by atoms with E-state index in [-0.39, 0.29) is 18.0 Å². The Hall–Kier alpha value is -4.20. The summed E-state index contributed by atoms with van der Waals surface area (Å²) in [5.74, 6) is 0.873.